The van der Waals surface area contributed by atoms with Crippen LogP contribution in [0.5, 0.6) is 0 Å². The number of hydrogen-bond acceptors (Lipinski definition) is 4. The van der Waals surface area contributed by atoms with Gasteiger partial charge in [-0.1, -0.05) is 11.6 Å². The molecule has 0 amide bonds. The van der Waals surface area contributed by atoms with Gasteiger partial charge in [0.15, 0.2) is 0 Å². The van der Waals surface area contributed by atoms with Crippen molar-refractivity contribution in [2.45, 2.75) is 38.9 Å². The molecule has 2 rings (SSSR count). The first-order chi connectivity index (χ1) is 8.75. The van der Waals surface area contributed by atoms with Crippen LogP contribution in [0.3, 0.4) is 0 Å². The Morgan fingerprint density at radius 1 is 1.32 bits per heavy atom. The molecule has 0 spiro atoms. The summed E-state index contributed by atoms with van der Waals surface area (Å²) in [5.74, 6) is 0.590. The molecule has 0 atom stereocenters. The monoisotopic (exact) mass is 316 g/mol. The summed E-state index contributed by atoms with van der Waals surface area (Å²) in [5.41, 5.74) is 0.361. The maximum atomic E-state index is 6.03. The van der Waals surface area contributed by atoms with Crippen LogP contribution in [0.15, 0.2) is 17.6 Å². The predicted octanol–water partition coefficient (Wildman–Crippen LogP) is 4.35. The second kappa shape index (κ2) is 5.45. The fraction of sp³-hybridized carbons (Fsp3) is 0.538. The van der Waals surface area contributed by atoms with E-state index in [1.54, 1.807) is 0 Å². The molecule has 0 N–H and O–H groups in total. The molecule has 1 aromatic rings. The van der Waals surface area contributed by atoms with Crippen molar-refractivity contribution in [2.75, 3.05) is 5.75 Å². The molecule has 1 fully saturated rings. The van der Waals surface area contributed by atoms with Crippen LogP contribution in [-0.2, 0) is 9.31 Å². The van der Waals surface area contributed by atoms with E-state index in [1.807, 2.05) is 45.9 Å². The van der Waals surface area contributed by atoms with Crippen molar-refractivity contribution in [1.82, 2.24) is 0 Å². The van der Waals surface area contributed by atoms with Crippen molar-refractivity contribution in [3.63, 3.8) is 0 Å². The molecule has 1 aliphatic heterocycles. The Morgan fingerprint density at radius 3 is 2.32 bits per heavy atom. The van der Waals surface area contributed by atoms with Gasteiger partial charge in [-0.2, -0.15) is 12.6 Å². The minimum absolute atomic E-state index is 0.327. The van der Waals surface area contributed by atoms with Crippen molar-refractivity contribution in [3.8, 4) is 0 Å². The summed E-state index contributed by atoms with van der Waals surface area (Å²) in [6, 6.07) is 3.88. The van der Waals surface area contributed by atoms with E-state index < -0.39 is 0 Å². The van der Waals surface area contributed by atoms with Gasteiger partial charge in [0.2, 0.25) is 0 Å². The Bertz CT molecular complexity index is 481. The molecule has 0 aromatic carbocycles. The van der Waals surface area contributed by atoms with E-state index in [2.05, 4.69) is 12.6 Å². The van der Waals surface area contributed by atoms with Gasteiger partial charge in [-0.15, -0.1) is 11.3 Å². The second-order valence-corrected chi connectivity index (χ2v) is 7.67. The van der Waals surface area contributed by atoms with Crippen LogP contribution >= 0.6 is 35.6 Å². The standard InChI is InChI=1S/C13H18BClO2S2/c1-12(2)13(3,4)17-14(16-12)9(8-18)7-10-5-6-11(15)19-10/h5-7,18H,8H2,1-4H3. The summed E-state index contributed by atoms with van der Waals surface area (Å²) in [5, 5.41) is 0. The molecule has 19 heavy (non-hydrogen) atoms. The first-order valence-corrected chi connectivity index (χ1v) is 8.00. The highest BCUT2D eigenvalue weighted by atomic mass is 35.5. The lowest BCUT2D eigenvalue weighted by Crippen LogP contribution is -2.41. The molecule has 6 heteroatoms. The molecular formula is C13H18BClO2S2. The first kappa shape index (κ1) is 15.5. The van der Waals surface area contributed by atoms with E-state index in [-0.39, 0.29) is 18.3 Å². The number of hydrogen-bond donors (Lipinski definition) is 1. The molecule has 1 saturated heterocycles. The maximum Gasteiger partial charge on any atom is 0.491 e. The summed E-state index contributed by atoms with van der Waals surface area (Å²) < 4.78 is 12.8. The third-order valence-corrected chi connectivity index (χ3v) is 5.20. The van der Waals surface area contributed by atoms with Gasteiger partial charge in [-0.25, -0.2) is 0 Å². The normalized spacial score (nSPS) is 22.0. The highest BCUT2D eigenvalue weighted by Gasteiger charge is 2.52. The lowest BCUT2D eigenvalue weighted by Gasteiger charge is -2.32. The summed E-state index contributed by atoms with van der Waals surface area (Å²) in [6.45, 7) is 8.19. The van der Waals surface area contributed by atoms with Gasteiger partial charge in [-0.05, 0) is 51.4 Å². The predicted molar refractivity (Wildman–Crippen MR) is 87.2 cm³/mol. The summed E-state index contributed by atoms with van der Waals surface area (Å²) >= 11 is 11.9. The van der Waals surface area contributed by atoms with Crippen molar-refractivity contribution in [3.05, 3.63) is 26.8 Å². The highest BCUT2D eigenvalue weighted by Crippen LogP contribution is 2.39. The zero-order valence-corrected chi connectivity index (χ0v) is 14.0. The van der Waals surface area contributed by atoms with Crippen LogP contribution in [-0.4, -0.2) is 24.1 Å². The Hall–Kier alpha value is 0.0649. The summed E-state index contributed by atoms with van der Waals surface area (Å²) in [7, 11) is -0.344. The summed E-state index contributed by atoms with van der Waals surface area (Å²) in [6.07, 6.45) is 2.05. The maximum absolute atomic E-state index is 6.03. The van der Waals surface area contributed by atoms with E-state index in [1.165, 1.54) is 11.3 Å². The molecule has 0 aliphatic carbocycles. The molecule has 2 nitrogen and oxygen atoms in total. The lowest BCUT2D eigenvalue weighted by atomic mass is 9.79. The molecule has 104 valence electrons. The average Bonchev–Trinajstić information content (AvgIpc) is 2.78. The van der Waals surface area contributed by atoms with Crippen LogP contribution in [0.2, 0.25) is 4.34 Å². The quantitative estimate of drug-likeness (QED) is 0.660. The molecule has 0 bridgehead atoms. The fourth-order valence-electron chi connectivity index (χ4n) is 1.77. The molecule has 0 radical (unpaired) electrons. The van der Waals surface area contributed by atoms with Gasteiger partial charge < -0.3 is 9.31 Å². The molecule has 0 unspecified atom stereocenters. The van der Waals surface area contributed by atoms with E-state index in [0.29, 0.717) is 5.75 Å². The topological polar surface area (TPSA) is 18.5 Å². The van der Waals surface area contributed by atoms with Crippen molar-refractivity contribution in [1.29, 1.82) is 0 Å². The van der Waals surface area contributed by atoms with Crippen LogP contribution in [0.1, 0.15) is 32.6 Å². The smallest absolute Gasteiger partial charge is 0.400 e. The highest BCUT2D eigenvalue weighted by molar-refractivity contribution is 7.80. The van der Waals surface area contributed by atoms with E-state index >= 15 is 0 Å². The van der Waals surface area contributed by atoms with Gasteiger partial charge >= 0.3 is 7.12 Å². The number of rotatable bonds is 3. The SMILES string of the molecule is CC1(C)OB(C(=Cc2ccc(Cl)s2)CS)OC1(C)C. The van der Waals surface area contributed by atoms with Gasteiger partial charge in [0, 0.05) is 10.6 Å². The minimum atomic E-state index is -0.344. The Morgan fingerprint density at radius 2 is 1.89 bits per heavy atom. The van der Waals surface area contributed by atoms with Crippen LogP contribution in [0.4, 0.5) is 0 Å². The molecule has 1 aliphatic rings. The second-order valence-electron chi connectivity index (χ2n) is 5.61. The number of thiophene rings is 1. The molecule has 2 heterocycles. The van der Waals surface area contributed by atoms with E-state index in [0.717, 1.165) is 14.7 Å². The zero-order chi connectivity index (χ0) is 14.3. The van der Waals surface area contributed by atoms with E-state index in [9.17, 15) is 0 Å². The minimum Gasteiger partial charge on any atom is -0.400 e. The lowest BCUT2D eigenvalue weighted by molar-refractivity contribution is 0.00578. The third kappa shape index (κ3) is 3.22. The number of thiol groups is 1. The fourth-order valence-corrected chi connectivity index (χ4v) is 3.05. The first-order valence-electron chi connectivity index (χ1n) is 6.17. The van der Waals surface area contributed by atoms with Crippen LogP contribution < -0.4 is 0 Å². The van der Waals surface area contributed by atoms with Gasteiger partial charge in [0.05, 0.1) is 15.5 Å². The average molecular weight is 317 g/mol. The third-order valence-electron chi connectivity index (χ3n) is 3.66. The Kier molecular flexibility index (Phi) is 4.43. The van der Waals surface area contributed by atoms with Gasteiger partial charge in [-0.3, -0.25) is 0 Å². The van der Waals surface area contributed by atoms with Crippen molar-refractivity contribution >= 4 is 48.8 Å². The molecular weight excluding hydrogens is 299 g/mol. The largest absolute Gasteiger partial charge is 0.491 e. The Balaban J connectivity index is 2.23. The van der Waals surface area contributed by atoms with Crippen LogP contribution in [0, 0.1) is 0 Å². The zero-order valence-electron chi connectivity index (χ0n) is 11.6. The van der Waals surface area contributed by atoms with Crippen molar-refractivity contribution < 1.29 is 9.31 Å². The Labute approximate surface area is 129 Å². The van der Waals surface area contributed by atoms with Crippen molar-refractivity contribution in [2.24, 2.45) is 0 Å². The van der Waals surface area contributed by atoms with Gasteiger partial charge in [0.25, 0.3) is 0 Å². The number of halogens is 1. The molecule has 1 aromatic heterocycles. The van der Waals surface area contributed by atoms with E-state index in [4.69, 9.17) is 20.9 Å². The summed E-state index contributed by atoms with van der Waals surface area (Å²) in [4.78, 5) is 1.09. The van der Waals surface area contributed by atoms with Gasteiger partial charge in [0.1, 0.15) is 0 Å². The molecule has 0 saturated carbocycles. The van der Waals surface area contributed by atoms with Crippen LogP contribution in [0.25, 0.3) is 6.08 Å².